The van der Waals surface area contributed by atoms with Crippen molar-refractivity contribution in [3.8, 4) is 0 Å². The van der Waals surface area contributed by atoms with Gasteiger partial charge in [-0.1, -0.05) is 30.3 Å². The zero-order chi connectivity index (χ0) is 19.3. The molecular formula is C18H20BF4NOS. The summed E-state index contributed by atoms with van der Waals surface area (Å²) >= 11 is 1.75. The van der Waals surface area contributed by atoms with E-state index in [1.54, 1.807) is 11.8 Å². The molecular weight excluding hydrogens is 365 g/mol. The Labute approximate surface area is 154 Å². The molecule has 0 bridgehead atoms. The van der Waals surface area contributed by atoms with Crippen molar-refractivity contribution >= 4 is 25.2 Å². The first-order valence-corrected chi connectivity index (χ1v) is 9.25. The molecule has 0 saturated carbocycles. The van der Waals surface area contributed by atoms with Crippen LogP contribution in [0.4, 0.5) is 17.3 Å². The van der Waals surface area contributed by atoms with Gasteiger partial charge < -0.3 is 22.4 Å². The third-order valence-corrected chi connectivity index (χ3v) is 4.99. The Morgan fingerprint density at radius 3 is 2.15 bits per heavy atom. The van der Waals surface area contributed by atoms with Crippen molar-refractivity contribution in [3.05, 3.63) is 65.2 Å². The zero-order valence-electron chi connectivity index (χ0n) is 14.4. The van der Waals surface area contributed by atoms with Gasteiger partial charge in [-0.15, -0.1) is 11.8 Å². The molecule has 1 heterocycles. The van der Waals surface area contributed by atoms with Gasteiger partial charge in [0.15, 0.2) is 12.3 Å². The van der Waals surface area contributed by atoms with Crippen molar-refractivity contribution in [1.82, 2.24) is 0 Å². The summed E-state index contributed by atoms with van der Waals surface area (Å²) in [5, 5.41) is 9.85. The van der Waals surface area contributed by atoms with Crippen LogP contribution in [0.5, 0.6) is 0 Å². The molecule has 0 aromatic heterocycles. The molecule has 2 atom stereocenters. The summed E-state index contributed by atoms with van der Waals surface area (Å²) in [5.74, 6) is 0.206. The third-order valence-electron chi connectivity index (χ3n) is 4.24. The first-order chi connectivity index (χ1) is 12.2. The molecule has 2 aromatic rings. The molecule has 2 nitrogen and oxygen atoms in total. The second-order valence-electron chi connectivity index (χ2n) is 5.92. The molecule has 1 aliphatic heterocycles. The van der Waals surface area contributed by atoms with Gasteiger partial charge in [0.25, 0.3) is 0 Å². The van der Waals surface area contributed by atoms with Gasteiger partial charge in [-0.25, -0.2) is 4.58 Å². The first kappa shape index (κ1) is 20.5. The smallest absolute Gasteiger partial charge is 0.418 e. The van der Waals surface area contributed by atoms with Crippen molar-refractivity contribution in [3.63, 3.8) is 0 Å². The van der Waals surface area contributed by atoms with Crippen LogP contribution in [0.3, 0.4) is 0 Å². The highest BCUT2D eigenvalue weighted by Crippen LogP contribution is 2.34. The molecule has 140 valence electrons. The van der Waals surface area contributed by atoms with Crippen molar-refractivity contribution in [2.45, 2.75) is 16.9 Å². The molecule has 0 radical (unpaired) electrons. The third kappa shape index (κ3) is 5.35. The maximum absolute atomic E-state index is 9.85. The van der Waals surface area contributed by atoms with Crippen LogP contribution in [0.25, 0.3) is 0 Å². The number of hydrogen-bond donors (Lipinski definition) is 1. The molecule has 1 N–H and O–H groups in total. The number of hydrogen-bond acceptors (Lipinski definition) is 2. The minimum Gasteiger partial charge on any atom is -0.418 e. The predicted octanol–water partition coefficient (Wildman–Crippen LogP) is 4.28. The highest BCUT2D eigenvalue weighted by atomic mass is 32.2. The second kappa shape index (κ2) is 8.73. The molecule has 0 spiro atoms. The molecule has 2 aromatic carbocycles. The maximum Gasteiger partial charge on any atom is 0.673 e. The summed E-state index contributed by atoms with van der Waals surface area (Å²) in [6, 6.07) is 17.2. The Kier molecular flexibility index (Phi) is 6.89. The van der Waals surface area contributed by atoms with Crippen LogP contribution in [0.15, 0.2) is 53.4 Å². The highest BCUT2D eigenvalue weighted by molar-refractivity contribution is 7.98. The van der Waals surface area contributed by atoms with Gasteiger partial charge in [-0.3, -0.25) is 0 Å². The number of aliphatic hydroxyl groups excluding tert-OH is 1. The van der Waals surface area contributed by atoms with Crippen LogP contribution in [0, 0.1) is 0 Å². The summed E-state index contributed by atoms with van der Waals surface area (Å²) in [7, 11) is -3.96. The lowest BCUT2D eigenvalue weighted by molar-refractivity contribution is -0.541. The Bertz CT molecular complexity index is 759. The van der Waals surface area contributed by atoms with Gasteiger partial charge in [0, 0.05) is 10.5 Å². The monoisotopic (exact) mass is 385 g/mol. The molecule has 26 heavy (non-hydrogen) atoms. The zero-order valence-corrected chi connectivity index (χ0v) is 15.3. The average molecular weight is 385 g/mol. The molecule has 0 saturated heterocycles. The van der Waals surface area contributed by atoms with E-state index in [2.05, 4.69) is 65.6 Å². The Hall–Kier alpha value is -1.80. The quantitative estimate of drug-likeness (QED) is 0.369. The van der Waals surface area contributed by atoms with Gasteiger partial charge in [0.1, 0.15) is 13.7 Å². The Morgan fingerprint density at radius 2 is 1.62 bits per heavy atom. The molecule has 0 fully saturated rings. The number of nitrogens with zero attached hydrogens (tertiary/aromatic N) is 1. The highest BCUT2D eigenvalue weighted by Gasteiger charge is 2.35. The van der Waals surface area contributed by atoms with E-state index >= 15 is 0 Å². The van der Waals surface area contributed by atoms with Gasteiger partial charge in [0.2, 0.25) is 0 Å². The number of rotatable bonds is 3. The van der Waals surface area contributed by atoms with E-state index < -0.39 is 7.25 Å². The summed E-state index contributed by atoms with van der Waals surface area (Å²) in [6.45, 7) is 0.149. The van der Waals surface area contributed by atoms with E-state index in [-0.39, 0.29) is 18.6 Å². The number of aliphatic hydroxyl groups is 1. The molecule has 0 amide bonds. The summed E-state index contributed by atoms with van der Waals surface area (Å²) in [6.07, 6.45) is 4.22. The van der Waals surface area contributed by atoms with Gasteiger partial charge in [-0.05, 0) is 35.6 Å². The predicted molar refractivity (Wildman–Crippen MR) is 98.9 cm³/mol. The van der Waals surface area contributed by atoms with E-state index in [4.69, 9.17) is 0 Å². The largest absolute Gasteiger partial charge is 0.673 e. The summed E-state index contributed by atoms with van der Waals surface area (Å²) in [5.41, 5.74) is 3.80. The van der Waals surface area contributed by atoms with Crippen LogP contribution in [0.2, 0.25) is 0 Å². The van der Waals surface area contributed by atoms with Gasteiger partial charge in [0.05, 0.1) is 5.92 Å². The number of halogens is 4. The van der Waals surface area contributed by atoms with Crippen LogP contribution in [0.1, 0.15) is 22.6 Å². The second-order valence-corrected chi connectivity index (χ2v) is 6.80. The minimum atomic E-state index is -6.00. The normalized spacial score (nSPS) is 19.1. The lowest BCUT2D eigenvalue weighted by Crippen LogP contribution is -2.38. The standard InChI is InChI=1S/C18H20NOS.BF4/c1-19-11-14-5-3-4-6-16(14)18(17(19)12-20)13-7-9-15(21-2)10-8-13;2-1(3,4)5/h3-11,17-18,20H,12H2,1-2H3;/q+1;-1/t17-,18+;/m0./s1. The van der Waals surface area contributed by atoms with Crippen molar-refractivity contribution in [1.29, 1.82) is 0 Å². The van der Waals surface area contributed by atoms with Gasteiger partial charge in [-0.2, -0.15) is 0 Å². The van der Waals surface area contributed by atoms with Crippen LogP contribution >= 0.6 is 11.8 Å². The summed E-state index contributed by atoms with van der Waals surface area (Å²) < 4.78 is 41.1. The SMILES string of the molecule is CSc1ccc([C@@H]2c3ccccc3C=[N+](C)[C@H]2CO)cc1.F[B-](F)(F)F. The van der Waals surface area contributed by atoms with Crippen molar-refractivity contribution < 1.29 is 26.9 Å². The number of thioether (sulfide) groups is 1. The number of benzene rings is 2. The maximum atomic E-state index is 9.85. The lowest BCUT2D eigenvalue weighted by Gasteiger charge is -2.28. The Morgan fingerprint density at radius 1 is 1.04 bits per heavy atom. The molecule has 8 heteroatoms. The fourth-order valence-corrected chi connectivity index (χ4v) is 3.52. The fourth-order valence-electron chi connectivity index (χ4n) is 3.12. The van der Waals surface area contributed by atoms with Crippen LogP contribution < -0.4 is 0 Å². The van der Waals surface area contributed by atoms with Crippen LogP contribution in [-0.2, 0) is 0 Å². The number of likely N-dealkylation sites (N-methyl/N-ethyl adjacent to an activating group) is 1. The van der Waals surface area contributed by atoms with E-state index in [9.17, 15) is 22.4 Å². The summed E-state index contributed by atoms with van der Waals surface area (Å²) in [4.78, 5) is 1.27. The van der Waals surface area contributed by atoms with E-state index in [1.807, 2.05) is 7.05 Å². The van der Waals surface area contributed by atoms with E-state index in [1.165, 1.54) is 21.6 Å². The molecule has 0 aliphatic carbocycles. The Balaban J connectivity index is 0.000000431. The van der Waals surface area contributed by atoms with Crippen molar-refractivity contribution in [2.24, 2.45) is 0 Å². The first-order valence-electron chi connectivity index (χ1n) is 8.02. The number of fused-ring (bicyclic) bond motifs is 1. The molecule has 0 unspecified atom stereocenters. The topological polar surface area (TPSA) is 23.2 Å². The lowest BCUT2D eigenvalue weighted by atomic mass is 9.81. The molecule has 3 rings (SSSR count). The van der Waals surface area contributed by atoms with Crippen LogP contribution in [-0.4, -0.2) is 49.1 Å². The van der Waals surface area contributed by atoms with Gasteiger partial charge >= 0.3 is 7.25 Å². The molecule has 1 aliphatic rings. The minimum absolute atomic E-state index is 0.0834. The van der Waals surface area contributed by atoms with Crippen molar-refractivity contribution in [2.75, 3.05) is 19.9 Å². The van der Waals surface area contributed by atoms with E-state index in [0.29, 0.717) is 0 Å². The fraction of sp³-hybridized carbons (Fsp3) is 0.278. The van der Waals surface area contributed by atoms with E-state index in [0.717, 1.165) is 0 Å². The average Bonchev–Trinajstić information content (AvgIpc) is 2.59.